The van der Waals surface area contributed by atoms with Gasteiger partial charge in [0, 0.05) is 6.42 Å². The number of anilines is 1. The lowest BCUT2D eigenvalue weighted by molar-refractivity contribution is -0.134. The van der Waals surface area contributed by atoms with Crippen molar-refractivity contribution in [2.24, 2.45) is 5.10 Å². The van der Waals surface area contributed by atoms with Crippen LogP contribution in [0.1, 0.15) is 31.4 Å². The molecule has 0 N–H and O–H groups in total. The second-order valence-electron chi connectivity index (χ2n) is 6.43. The molecular formula is C22H22N2O4. The Labute approximate surface area is 164 Å². The lowest BCUT2D eigenvalue weighted by atomic mass is 10.1. The highest BCUT2D eigenvalue weighted by Gasteiger charge is 2.28. The largest absolute Gasteiger partial charge is 0.493 e. The number of carbonyl (C=O) groups is 2. The van der Waals surface area contributed by atoms with Crippen LogP contribution in [-0.2, 0) is 9.59 Å². The summed E-state index contributed by atoms with van der Waals surface area (Å²) in [6.07, 6.45) is 2.03. The quantitative estimate of drug-likeness (QED) is 0.446. The Morgan fingerprint density at radius 3 is 2.46 bits per heavy atom. The van der Waals surface area contributed by atoms with E-state index >= 15 is 0 Å². The maximum absolute atomic E-state index is 12.9. The van der Waals surface area contributed by atoms with Crippen molar-refractivity contribution in [1.29, 1.82) is 0 Å². The van der Waals surface area contributed by atoms with Crippen LogP contribution in [0, 0.1) is 6.92 Å². The molecule has 1 amide bonds. The minimum atomic E-state index is -0.341. The summed E-state index contributed by atoms with van der Waals surface area (Å²) in [5.74, 6) is 0.237. The van der Waals surface area contributed by atoms with Crippen LogP contribution in [0.2, 0.25) is 0 Å². The molecule has 0 aromatic heterocycles. The van der Waals surface area contributed by atoms with Crippen LogP contribution in [0.25, 0.3) is 6.08 Å². The maximum Gasteiger partial charge on any atom is 0.311 e. The van der Waals surface area contributed by atoms with E-state index in [9.17, 15) is 9.59 Å². The van der Waals surface area contributed by atoms with Crippen molar-refractivity contribution in [2.75, 3.05) is 12.1 Å². The van der Waals surface area contributed by atoms with Crippen LogP contribution < -0.4 is 14.5 Å². The van der Waals surface area contributed by atoms with Crippen LogP contribution in [0.5, 0.6) is 11.5 Å². The molecule has 6 nitrogen and oxygen atoms in total. The van der Waals surface area contributed by atoms with E-state index in [4.69, 9.17) is 9.47 Å². The number of benzene rings is 2. The highest BCUT2D eigenvalue weighted by atomic mass is 16.6. The van der Waals surface area contributed by atoms with Gasteiger partial charge in [0.05, 0.1) is 24.1 Å². The molecule has 1 heterocycles. The van der Waals surface area contributed by atoms with Crippen molar-refractivity contribution in [1.82, 2.24) is 0 Å². The summed E-state index contributed by atoms with van der Waals surface area (Å²) in [6.45, 7) is 5.51. The number of hydrogen-bond donors (Lipinski definition) is 0. The minimum absolute atomic E-state index is 0.193. The molecule has 2 aromatic rings. The second kappa shape index (κ2) is 8.08. The first kappa shape index (κ1) is 19.4. The van der Waals surface area contributed by atoms with E-state index < -0.39 is 0 Å². The van der Waals surface area contributed by atoms with Gasteiger partial charge in [-0.2, -0.15) is 10.1 Å². The van der Waals surface area contributed by atoms with Crippen molar-refractivity contribution < 1.29 is 19.1 Å². The van der Waals surface area contributed by atoms with Gasteiger partial charge >= 0.3 is 5.97 Å². The summed E-state index contributed by atoms with van der Waals surface area (Å²) in [4.78, 5) is 24.4. The topological polar surface area (TPSA) is 68.2 Å². The lowest BCUT2D eigenvalue weighted by Gasteiger charge is -2.12. The standard InChI is InChI=1S/C22H22N2O4/c1-5-21(25)28-19-11-8-16(13-20(19)27-4)12-18-15(3)23-24(22(18)26)17-9-6-14(2)7-10-17/h6-13H,5H2,1-4H3/b18-12-. The van der Waals surface area contributed by atoms with Crippen LogP contribution in [0.4, 0.5) is 5.69 Å². The monoisotopic (exact) mass is 378 g/mol. The molecule has 3 rings (SSSR count). The molecule has 144 valence electrons. The van der Waals surface area contributed by atoms with E-state index in [0.29, 0.717) is 22.8 Å². The average molecular weight is 378 g/mol. The Balaban J connectivity index is 1.89. The SMILES string of the molecule is CCC(=O)Oc1ccc(/C=C2\C(=O)N(c3ccc(C)cc3)N=C2C)cc1OC. The molecule has 0 radical (unpaired) electrons. The molecule has 28 heavy (non-hydrogen) atoms. The van der Waals surface area contributed by atoms with Gasteiger partial charge in [0.2, 0.25) is 0 Å². The molecule has 0 bridgehead atoms. The van der Waals surface area contributed by atoms with Gasteiger partial charge in [-0.15, -0.1) is 0 Å². The zero-order valence-electron chi connectivity index (χ0n) is 16.4. The van der Waals surface area contributed by atoms with Gasteiger partial charge < -0.3 is 9.47 Å². The number of nitrogens with zero attached hydrogens (tertiary/aromatic N) is 2. The molecule has 0 saturated carbocycles. The maximum atomic E-state index is 12.9. The number of esters is 1. The van der Waals surface area contributed by atoms with Gasteiger partial charge in [0.15, 0.2) is 11.5 Å². The van der Waals surface area contributed by atoms with Crippen molar-refractivity contribution in [3.63, 3.8) is 0 Å². The van der Waals surface area contributed by atoms with Gasteiger partial charge in [-0.05, 0) is 49.8 Å². The molecule has 1 aliphatic rings. The third-order valence-electron chi connectivity index (χ3n) is 4.35. The van der Waals surface area contributed by atoms with Crippen LogP contribution in [0.3, 0.4) is 0 Å². The van der Waals surface area contributed by atoms with Crippen LogP contribution in [-0.4, -0.2) is 24.7 Å². The Morgan fingerprint density at radius 1 is 1.11 bits per heavy atom. The molecule has 2 aromatic carbocycles. The molecule has 6 heteroatoms. The number of hydrazone groups is 1. The summed E-state index contributed by atoms with van der Waals surface area (Å²) < 4.78 is 10.6. The Kier molecular flexibility index (Phi) is 5.59. The van der Waals surface area contributed by atoms with Crippen molar-refractivity contribution in [2.45, 2.75) is 27.2 Å². The van der Waals surface area contributed by atoms with E-state index in [-0.39, 0.29) is 18.3 Å². The van der Waals surface area contributed by atoms with Crippen molar-refractivity contribution in [3.8, 4) is 11.5 Å². The smallest absolute Gasteiger partial charge is 0.311 e. The molecular weight excluding hydrogens is 356 g/mol. The molecule has 0 fully saturated rings. The number of methoxy groups -OCH3 is 1. The summed E-state index contributed by atoms with van der Waals surface area (Å²) in [5, 5.41) is 5.79. The number of amides is 1. The molecule has 0 atom stereocenters. The molecule has 0 unspecified atom stereocenters. The number of hydrogen-bond acceptors (Lipinski definition) is 5. The van der Waals surface area contributed by atoms with E-state index in [1.807, 2.05) is 31.2 Å². The summed E-state index contributed by atoms with van der Waals surface area (Å²) in [5.41, 5.74) is 3.71. The first-order valence-corrected chi connectivity index (χ1v) is 9.00. The molecule has 0 spiro atoms. The summed E-state index contributed by atoms with van der Waals surface area (Å²) in [7, 11) is 1.50. The van der Waals surface area contributed by atoms with E-state index in [2.05, 4.69) is 5.10 Å². The molecule has 1 aliphatic heterocycles. The van der Waals surface area contributed by atoms with Crippen LogP contribution in [0.15, 0.2) is 53.1 Å². The molecule has 0 aliphatic carbocycles. The Bertz CT molecular complexity index is 975. The van der Waals surface area contributed by atoms with Crippen molar-refractivity contribution >= 4 is 29.4 Å². The minimum Gasteiger partial charge on any atom is -0.493 e. The number of ether oxygens (including phenoxy) is 2. The number of rotatable bonds is 5. The third-order valence-corrected chi connectivity index (χ3v) is 4.35. The van der Waals surface area contributed by atoms with E-state index in [1.165, 1.54) is 12.1 Å². The Morgan fingerprint density at radius 2 is 1.82 bits per heavy atom. The predicted octanol–water partition coefficient (Wildman–Crippen LogP) is 4.13. The first-order valence-electron chi connectivity index (χ1n) is 9.00. The fraction of sp³-hybridized carbons (Fsp3) is 0.227. The number of carbonyl (C=O) groups excluding carboxylic acids is 2. The van der Waals surface area contributed by atoms with Gasteiger partial charge in [0.25, 0.3) is 5.91 Å². The van der Waals surface area contributed by atoms with Gasteiger partial charge in [-0.1, -0.05) is 30.7 Å². The first-order chi connectivity index (χ1) is 13.4. The van der Waals surface area contributed by atoms with Crippen molar-refractivity contribution in [3.05, 3.63) is 59.2 Å². The fourth-order valence-electron chi connectivity index (χ4n) is 2.77. The van der Waals surface area contributed by atoms with Gasteiger partial charge in [-0.25, -0.2) is 0 Å². The Hall–Kier alpha value is -3.41. The summed E-state index contributed by atoms with van der Waals surface area (Å²) >= 11 is 0. The second-order valence-corrected chi connectivity index (χ2v) is 6.43. The van der Waals surface area contributed by atoms with Gasteiger partial charge in [0.1, 0.15) is 0 Å². The van der Waals surface area contributed by atoms with E-state index in [0.717, 1.165) is 16.8 Å². The predicted molar refractivity (Wildman–Crippen MR) is 109 cm³/mol. The molecule has 0 saturated heterocycles. The highest BCUT2D eigenvalue weighted by molar-refractivity contribution is 6.32. The third kappa shape index (κ3) is 3.96. The lowest BCUT2D eigenvalue weighted by Crippen LogP contribution is -2.21. The zero-order valence-corrected chi connectivity index (χ0v) is 16.4. The fourth-order valence-corrected chi connectivity index (χ4v) is 2.77. The van der Waals surface area contributed by atoms with E-state index in [1.54, 1.807) is 38.1 Å². The van der Waals surface area contributed by atoms with Crippen LogP contribution >= 0.6 is 0 Å². The number of aryl methyl sites for hydroxylation is 1. The normalized spacial score (nSPS) is 15.0. The zero-order chi connectivity index (χ0) is 20.3. The highest BCUT2D eigenvalue weighted by Crippen LogP contribution is 2.31. The van der Waals surface area contributed by atoms with Gasteiger partial charge in [-0.3, -0.25) is 9.59 Å². The average Bonchev–Trinajstić information content (AvgIpc) is 2.97. The summed E-state index contributed by atoms with van der Waals surface area (Å²) in [6, 6.07) is 12.8.